The first-order chi connectivity index (χ1) is 38.3. The van der Waals surface area contributed by atoms with Gasteiger partial charge in [-0.2, -0.15) is 0 Å². The van der Waals surface area contributed by atoms with Gasteiger partial charge in [0.15, 0.2) is 0 Å². The van der Waals surface area contributed by atoms with Gasteiger partial charge >= 0.3 is 0 Å². The van der Waals surface area contributed by atoms with E-state index in [9.17, 15) is 20.2 Å². The molecule has 5 rings (SSSR count). The fourth-order valence-corrected chi connectivity index (χ4v) is 11.2. The van der Waals surface area contributed by atoms with E-state index in [4.69, 9.17) is 18.9 Å². The molecule has 4 aromatic rings. The van der Waals surface area contributed by atoms with Crippen molar-refractivity contribution in [2.45, 2.75) is 259 Å². The van der Waals surface area contributed by atoms with Gasteiger partial charge in [0.05, 0.1) is 36.3 Å². The van der Waals surface area contributed by atoms with E-state index in [1.807, 2.05) is 12.1 Å². The smallest absolute Gasteiger partial charge is 0.270 e. The third-order valence-corrected chi connectivity index (χ3v) is 15.7. The molecule has 1 aliphatic rings. The molecule has 0 unspecified atom stereocenters. The molecule has 0 saturated carbocycles. The Morgan fingerprint density at radius 2 is 0.500 bits per heavy atom. The number of hydrogen-bond acceptors (Lipinski definition) is 8. The second-order valence-electron chi connectivity index (χ2n) is 22.5. The molecule has 10 heteroatoms. The zero-order chi connectivity index (χ0) is 55.4. The van der Waals surface area contributed by atoms with Crippen LogP contribution < -0.4 is 18.9 Å². The van der Waals surface area contributed by atoms with Gasteiger partial charge in [0, 0.05) is 72.2 Å². The van der Waals surface area contributed by atoms with Crippen LogP contribution in [0.3, 0.4) is 0 Å². The predicted molar refractivity (Wildman–Crippen MR) is 323 cm³/mol. The van der Waals surface area contributed by atoms with Gasteiger partial charge in [-0.15, -0.1) is 0 Å². The first kappa shape index (κ1) is 63.7. The monoisotopic (exact) mass is 1070 g/mol. The predicted octanol–water partition coefficient (Wildman–Crippen LogP) is 20.3. The van der Waals surface area contributed by atoms with Crippen LogP contribution in [0.25, 0.3) is 0 Å². The summed E-state index contributed by atoms with van der Waals surface area (Å²) in [5, 5.41) is 25.9. The molecular weight excluding hydrogens is 973 g/mol. The second-order valence-corrected chi connectivity index (χ2v) is 22.5. The number of fused-ring (bicyclic) bond motifs is 8. The van der Waals surface area contributed by atoms with Gasteiger partial charge in [-0.3, -0.25) is 20.2 Å². The third-order valence-electron chi connectivity index (χ3n) is 15.7. The van der Waals surface area contributed by atoms with Crippen molar-refractivity contribution in [3.8, 4) is 23.0 Å². The van der Waals surface area contributed by atoms with Gasteiger partial charge in [0.25, 0.3) is 11.4 Å². The number of benzene rings is 4. The van der Waals surface area contributed by atoms with E-state index in [-0.39, 0.29) is 21.2 Å². The van der Waals surface area contributed by atoms with Crippen LogP contribution in [0, 0.1) is 20.2 Å². The van der Waals surface area contributed by atoms with E-state index in [0.717, 1.165) is 133 Å². The highest BCUT2D eigenvalue weighted by Crippen LogP contribution is 2.42. The zero-order valence-electron chi connectivity index (χ0n) is 49.2. The van der Waals surface area contributed by atoms with Crippen LogP contribution in [0.15, 0.2) is 60.7 Å². The number of nitrogens with zero attached hydrogens (tertiary/aromatic N) is 2. The Labute approximate surface area is 471 Å². The van der Waals surface area contributed by atoms with Crippen molar-refractivity contribution in [2.24, 2.45) is 0 Å². The van der Waals surface area contributed by atoms with Crippen molar-refractivity contribution in [2.75, 3.05) is 26.4 Å². The quantitative estimate of drug-likeness (QED) is 0.0215. The summed E-state index contributed by atoms with van der Waals surface area (Å²) in [6.07, 6.45) is 38.8. The Hall–Kier alpha value is -5.12. The van der Waals surface area contributed by atoms with Crippen molar-refractivity contribution >= 4 is 11.4 Å². The van der Waals surface area contributed by atoms with E-state index in [2.05, 4.69) is 52.0 Å². The lowest BCUT2D eigenvalue weighted by molar-refractivity contribution is -0.385. The van der Waals surface area contributed by atoms with Crippen LogP contribution in [0.5, 0.6) is 23.0 Å². The molecule has 0 saturated heterocycles. The summed E-state index contributed by atoms with van der Waals surface area (Å²) in [5.41, 5.74) is 6.59. The van der Waals surface area contributed by atoms with Crippen molar-refractivity contribution < 1.29 is 28.8 Å². The first-order valence-corrected chi connectivity index (χ1v) is 31.6. The van der Waals surface area contributed by atoms with Crippen molar-refractivity contribution in [3.63, 3.8) is 0 Å². The van der Waals surface area contributed by atoms with Crippen LogP contribution in [-0.4, -0.2) is 36.3 Å². The largest absolute Gasteiger partial charge is 0.493 e. The van der Waals surface area contributed by atoms with Gasteiger partial charge in [-0.25, -0.2) is 0 Å². The fourth-order valence-electron chi connectivity index (χ4n) is 11.2. The maximum Gasteiger partial charge on any atom is 0.270 e. The van der Waals surface area contributed by atoms with E-state index >= 15 is 0 Å². The molecule has 4 aromatic carbocycles. The minimum Gasteiger partial charge on any atom is -0.493 e. The number of para-hydroxylation sites is 2. The summed E-state index contributed by atoms with van der Waals surface area (Å²) in [5.74, 6) is 2.82. The van der Waals surface area contributed by atoms with Gasteiger partial charge in [-0.05, 0) is 47.9 Å². The minimum absolute atomic E-state index is 0.0243. The van der Waals surface area contributed by atoms with Crippen LogP contribution in [0.2, 0.25) is 0 Å². The molecule has 1 aliphatic carbocycles. The van der Waals surface area contributed by atoms with Gasteiger partial charge in [0.2, 0.25) is 0 Å². The van der Waals surface area contributed by atoms with Crippen LogP contribution in [0.1, 0.15) is 278 Å². The number of hydrogen-bond donors (Lipinski definition) is 0. The summed E-state index contributed by atoms with van der Waals surface area (Å²) in [7, 11) is 0. The molecule has 0 aliphatic heterocycles. The second kappa shape index (κ2) is 38.5. The lowest BCUT2D eigenvalue weighted by Crippen LogP contribution is -2.11. The van der Waals surface area contributed by atoms with Gasteiger partial charge in [-0.1, -0.05) is 244 Å². The average Bonchev–Trinajstić information content (AvgIpc) is 3.43. The van der Waals surface area contributed by atoms with E-state index in [1.54, 1.807) is 24.3 Å². The Morgan fingerprint density at radius 3 is 0.705 bits per heavy atom. The van der Waals surface area contributed by atoms with Crippen LogP contribution in [0.4, 0.5) is 11.4 Å². The lowest BCUT2D eigenvalue weighted by atomic mass is 9.90. The molecule has 0 spiro atoms. The number of ether oxygens (including phenoxy) is 4. The standard InChI is InChI=1S/C68H102N2O8/c1-5-9-13-17-21-25-29-33-43-75-65-55-39-37-40-56(65)48-60-52-64(70(73)74)54-62(68(60)78-46-36-32-28-24-20-16-12-8-4)50-58-42-38-41-57(66(58)76-44-34-30-26-22-18-14-10-6-2)49-61-53-63(69(71)72)51-59(47-55)67(61)77-45-35-31-27-23-19-15-11-7-3/h37-42,51-54H,5-36,43-50H2,1-4H3. The van der Waals surface area contributed by atoms with Gasteiger partial charge in [0.1, 0.15) is 23.0 Å². The van der Waals surface area contributed by atoms with Crippen LogP contribution in [-0.2, 0) is 25.7 Å². The Bertz CT molecular complexity index is 2080. The summed E-state index contributed by atoms with van der Waals surface area (Å²) >= 11 is 0. The number of non-ortho nitro benzene ring substituents is 2. The molecule has 0 radical (unpaired) electrons. The highest BCUT2D eigenvalue weighted by atomic mass is 16.6. The molecular formula is C68H102N2O8. The Morgan fingerprint density at radius 1 is 0.308 bits per heavy atom. The van der Waals surface area contributed by atoms with Crippen molar-refractivity contribution in [1.29, 1.82) is 0 Å². The zero-order valence-corrected chi connectivity index (χ0v) is 49.2. The summed E-state index contributed by atoms with van der Waals surface area (Å²) < 4.78 is 27.7. The number of rotatable bonds is 42. The molecule has 0 fully saturated rings. The molecule has 0 N–H and O–H groups in total. The summed E-state index contributed by atoms with van der Waals surface area (Å²) in [6, 6.07) is 19.1. The number of unbranched alkanes of at least 4 members (excludes halogenated alkanes) is 28. The van der Waals surface area contributed by atoms with E-state index in [0.29, 0.717) is 63.6 Å². The molecule has 432 valence electrons. The van der Waals surface area contributed by atoms with Gasteiger partial charge < -0.3 is 18.9 Å². The minimum atomic E-state index is -0.283. The first-order valence-electron chi connectivity index (χ1n) is 31.6. The lowest BCUT2D eigenvalue weighted by Gasteiger charge is -2.23. The number of nitro benzene ring substituents is 2. The molecule has 0 heterocycles. The maximum absolute atomic E-state index is 13.0. The van der Waals surface area contributed by atoms with E-state index < -0.39 is 0 Å². The van der Waals surface area contributed by atoms with E-state index in [1.165, 1.54) is 128 Å². The van der Waals surface area contributed by atoms with Crippen LogP contribution >= 0.6 is 0 Å². The average molecular weight is 1080 g/mol. The molecule has 0 atom stereocenters. The third kappa shape index (κ3) is 22.9. The number of nitro groups is 2. The molecule has 78 heavy (non-hydrogen) atoms. The fraction of sp³-hybridized carbons (Fsp3) is 0.647. The highest BCUT2D eigenvalue weighted by Gasteiger charge is 2.26. The van der Waals surface area contributed by atoms with Crippen molar-refractivity contribution in [3.05, 3.63) is 125 Å². The molecule has 10 nitrogen and oxygen atoms in total. The summed E-state index contributed by atoms with van der Waals surface area (Å²) in [6.45, 7) is 11.0. The highest BCUT2D eigenvalue weighted by molar-refractivity contribution is 5.60. The Balaban J connectivity index is 1.61. The maximum atomic E-state index is 13.0. The molecule has 0 amide bonds. The summed E-state index contributed by atoms with van der Waals surface area (Å²) in [4.78, 5) is 25.4. The SMILES string of the molecule is CCCCCCCCCCOc1c2cccc1Cc1cc([N+](=O)[O-])cc(c1OCCCCCCCCCC)Cc1cccc(c1OCCCCCCCCCC)Cc1cc([N+](=O)[O-])cc(c1OCCCCCCCCCC)C2. The topological polar surface area (TPSA) is 123 Å². The molecule has 0 aromatic heterocycles. The van der Waals surface area contributed by atoms with Crippen molar-refractivity contribution in [1.82, 2.24) is 0 Å². The normalized spacial score (nSPS) is 12.2. The molecule has 8 bridgehead atoms. The Kier molecular flexibility index (Phi) is 31.4.